The van der Waals surface area contributed by atoms with Crippen LogP contribution in [-0.2, 0) is 9.09 Å². The molecule has 1 fully saturated rings. The van der Waals surface area contributed by atoms with E-state index in [1.165, 1.54) is 0 Å². The van der Waals surface area contributed by atoms with Crippen molar-refractivity contribution in [3.8, 4) is 12.3 Å². The molecule has 11 heavy (non-hydrogen) atoms. The van der Waals surface area contributed by atoms with Crippen molar-refractivity contribution < 1.29 is 9.09 Å². The Labute approximate surface area is 67.8 Å². The van der Waals surface area contributed by atoms with Gasteiger partial charge in [0.2, 0.25) is 7.37 Å². The third-order valence-corrected chi connectivity index (χ3v) is 4.89. The van der Waals surface area contributed by atoms with Crippen LogP contribution in [0.25, 0.3) is 0 Å². The zero-order chi connectivity index (χ0) is 8.65. The zero-order valence-electron chi connectivity index (χ0n) is 7.07. The predicted octanol–water partition coefficient (Wildman–Crippen LogP) is 1.95. The molecule has 1 heterocycles. The Morgan fingerprint density at radius 3 is 2.27 bits per heavy atom. The predicted molar refractivity (Wildman–Crippen MR) is 45.9 cm³/mol. The molecule has 0 saturated carbocycles. The van der Waals surface area contributed by atoms with E-state index in [-0.39, 0.29) is 17.7 Å². The molecule has 0 N–H and O–H groups in total. The van der Waals surface area contributed by atoms with Crippen molar-refractivity contribution in [3.05, 3.63) is 0 Å². The van der Waals surface area contributed by atoms with E-state index in [1.807, 2.05) is 13.8 Å². The van der Waals surface area contributed by atoms with Gasteiger partial charge in [-0.1, -0.05) is 12.8 Å². The highest BCUT2D eigenvalue weighted by atomic mass is 31.2. The molecule has 62 valence electrons. The molecule has 3 heteroatoms. The zero-order valence-corrected chi connectivity index (χ0v) is 7.97. The maximum atomic E-state index is 11.6. The van der Waals surface area contributed by atoms with Crippen LogP contribution in [0.1, 0.15) is 13.8 Å². The van der Waals surface area contributed by atoms with Crippen LogP contribution in [0, 0.1) is 18.3 Å². The number of hydrogen-bond donors (Lipinski definition) is 0. The van der Waals surface area contributed by atoms with Gasteiger partial charge in [-0.25, -0.2) is 0 Å². The third-order valence-electron chi connectivity index (χ3n) is 2.33. The Bertz CT molecular complexity index is 241. The summed E-state index contributed by atoms with van der Waals surface area (Å²) in [6, 6.07) is 0. The summed E-state index contributed by atoms with van der Waals surface area (Å²) < 4.78 is 16.9. The highest BCUT2D eigenvalue weighted by Crippen LogP contribution is 2.58. The molecule has 1 aliphatic rings. The van der Waals surface area contributed by atoms with E-state index in [0.717, 1.165) is 0 Å². The van der Waals surface area contributed by atoms with Crippen LogP contribution in [0.3, 0.4) is 0 Å². The van der Waals surface area contributed by atoms with Gasteiger partial charge in [-0.2, -0.15) is 0 Å². The largest absolute Gasteiger partial charge is 0.324 e. The molecule has 2 nitrogen and oxygen atoms in total. The second kappa shape index (κ2) is 2.66. The van der Waals surface area contributed by atoms with Crippen molar-refractivity contribution in [3.63, 3.8) is 0 Å². The normalized spacial score (nSPS) is 50.5. The minimum absolute atomic E-state index is 0.0162. The molecule has 0 amide bonds. The first-order valence-corrected chi connectivity index (χ1v) is 5.85. The average molecular weight is 172 g/mol. The highest BCUT2D eigenvalue weighted by Gasteiger charge is 2.43. The first-order chi connectivity index (χ1) is 4.99. The molecule has 0 radical (unpaired) electrons. The van der Waals surface area contributed by atoms with Crippen molar-refractivity contribution >= 4 is 7.37 Å². The van der Waals surface area contributed by atoms with E-state index in [1.54, 1.807) is 6.66 Å². The minimum atomic E-state index is -2.41. The number of hydrogen-bond acceptors (Lipinski definition) is 2. The fourth-order valence-electron chi connectivity index (χ4n) is 1.45. The highest BCUT2D eigenvalue weighted by molar-refractivity contribution is 7.59. The van der Waals surface area contributed by atoms with Crippen LogP contribution in [-0.4, -0.2) is 18.4 Å². The molecule has 1 saturated heterocycles. The molecule has 0 spiro atoms. The van der Waals surface area contributed by atoms with E-state index < -0.39 is 7.37 Å². The van der Waals surface area contributed by atoms with E-state index in [0.29, 0.717) is 0 Å². The lowest BCUT2D eigenvalue weighted by Crippen LogP contribution is -2.16. The van der Waals surface area contributed by atoms with Crippen LogP contribution in [0.15, 0.2) is 0 Å². The van der Waals surface area contributed by atoms with Gasteiger partial charge in [0.15, 0.2) is 0 Å². The molecule has 4 atom stereocenters. The summed E-state index contributed by atoms with van der Waals surface area (Å²) in [7, 11) is -2.41. The molecule has 1 aliphatic heterocycles. The number of rotatable bonds is 0. The Balaban J connectivity index is 2.90. The van der Waals surface area contributed by atoms with Crippen LogP contribution in [0.5, 0.6) is 0 Å². The van der Waals surface area contributed by atoms with Gasteiger partial charge >= 0.3 is 0 Å². The van der Waals surface area contributed by atoms with Crippen molar-refractivity contribution in [2.45, 2.75) is 25.6 Å². The summed E-state index contributed by atoms with van der Waals surface area (Å²) in [5, 5.41) is 0. The Morgan fingerprint density at radius 2 is 2.09 bits per heavy atom. The standard InChI is InChI=1S/C8H13O2P/c1-5-8-6(2)10-11(4,9)7(8)3/h1,6-8H,2-4H3/t6?,7?,8-,11?/m1/s1. The summed E-state index contributed by atoms with van der Waals surface area (Å²) in [5.41, 5.74) is 0.0162. The van der Waals surface area contributed by atoms with Crippen molar-refractivity contribution in [1.29, 1.82) is 0 Å². The van der Waals surface area contributed by atoms with Gasteiger partial charge in [0.05, 0.1) is 12.0 Å². The van der Waals surface area contributed by atoms with Gasteiger partial charge in [0.1, 0.15) is 0 Å². The Hall–Kier alpha value is -0.250. The van der Waals surface area contributed by atoms with Gasteiger partial charge in [-0.05, 0) is 6.92 Å². The number of terminal acetylenes is 1. The Kier molecular flexibility index (Phi) is 2.14. The Morgan fingerprint density at radius 1 is 1.55 bits per heavy atom. The minimum Gasteiger partial charge on any atom is -0.324 e. The van der Waals surface area contributed by atoms with E-state index in [4.69, 9.17) is 10.9 Å². The van der Waals surface area contributed by atoms with Gasteiger partial charge in [-0.3, -0.25) is 4.57 Å². The summed E-state index contributed by atoms with van der Waals surface area (Å²) in [5.74, 6) is 2.64. The third kappa shape index (κ3) is 1.36. The van der Waals surface area contributed by atoms with Crippen molar-refractivity contribution in [2.75, 3.05) is 6.66 Å². The summed E-state index contributed by atoms with van der Waals surface area (Å²) in [6.45, 7) is 5.44. The molecule has 0 bridgehead atoms. The first kappa shape index (κ1) is 8.84. The van der Waals surface area contributed by atoms with Gasteiger partial charge < -0.3 is 4.52 Å². The lowest BCUT2D eigenvalue weighted by molar-refractivity contribution is 0.229. The second-order valence-electron chi connectivity index (χ2n) is 3.15. The second-order valence-corrected chi connectivity index (χ2v) is 6.00. The van der Waals surface area contributed by atoms with E-state index in [9.17, 15) is 4.57 Å². The van der Waals surface area contributed by atoms with Gasteiger partial charge in [0.25, 0.3) is 0 Å². The lowest BCUT2D eigenvalue weighted by Gasteiger charge is -2.09. The van der Waals surface area contributed by atoms with E-state index in [2.05, 4.69) is 5.92 Å². The SMILES string of the molecule is C#C[C@@H]1C(C)OP(C)(=O)C1C. The molecule has 3 unspecified atom stereocenters. The van der Waals surface area contributed by atoms with Crippen LogP contribution < -0.4 is 0 Å². The molecule has 0 aromatic carbocycles. The summed E-state index contributed by atoms with van der Waals surface area (Å²) in [4.78, 5) is 0. The van der Waals surface area contributed by atoms with Gasteiger partial charge in [-0.15, -0.1) is 6.42 Å². The van der Waals surface area contributed by atoms with Crippen LogP contribution >= 0.6 is 7.37 Å². The fraction of sp³-hybridized carbons (Fsp3) is 0.750. The van der Waals surface area contributed by atoms with Crippen LogP contribution in [0.2, 0.25) is 0 Å². The van der Waals surface area contributed by atoms with Crippen molar-refractivity contribution in [2.24, 2.45) is 5.92 Å². The molecular weight excluding hydrogens is 159 g/mol. The van der Waals surface area contributed by atoms with Gasteiger partial charge in [0, 0.05) is 12.3 Å². The lowest BCUT2D eigenvalue weighted by atomic mass is 10.0. The topological polar surface area (TPSA) is 26.3 Å². The quantitative estimate of drug-likeness (QED) is 0.412. The average Bonchev–Trinajstić information content (AvgIpc) is 2.04. The molecule has 0 aromatic rings. The smallest absolute Gasteiger partial charge is 0.204 e. The maximum absolute atomic E-state index is 11.6. The first-order valence-electron chi connectivity index (χ1n) is 3.70. The van der Waals surface area contributed by atoms with Crippen molar-refractivity contribution in [1.82, 2.24) is 0 Å². The monoisotopic (exact) mass is 172 g/mol. The molecule has 1 rings (SSSR count). The fourth-order valence-corrected chi connectivity index (χ4v) is 3.35. The van der Waals surface area contributed by atoms with E-state index >= 15 is 0 Å². The maximum Gasteiger partial charge on any atom is 0.204 e. The summed E-state index contributed by atoms with van der Waals surface area (Å²) in [6.07, 6.45) is 5.23. The summed E-state index contributed by atoms with van der Waals surface area (Å²) >= 11 is 0. The molecule has 0 aromatic heterocycles. The molecule has 0 aliphatic carbocycles. The van der Waals surface area contributed by atoms with Crippen LogP contribution in [0.4, 0.5) is 0 Å². The molecular formula is C8H13O2P.